The molecule has 1 atom stereocenters. The Balaban J connectivity index is 3.00. The average Bonchev–Trinajstić information content (AvgIpc) is 2.21. The molecule has 0 radical (unpaired) electrons. The number of hydrazone groups is 1. The van der Waals surface area contributed by atoms with Gasteiger partial charge in [-0.3, -0.25) is 0 Å². The fraction of sp³-hybridized carbons (Fsp3) is 0.333. The summed E-state index contributed by atoms with van der Waals surface area (Å²) >= 11 is 5.80. The maximum absolute atomic E-state index is 9.15. The third-order valence-electron chi connectivity index (χ3n) is 2.11. The maximum atomic E-state index is 9.15. The normalized spacial score (nSPS) is 13.1. The van der Waals surface area contributed by atoms with Gasteiger partial charge >= 0.3 is 0 Å². The molecule has 1 rings (SSSR count). The maximum Gasteiger partial charge on any atom is 0.111 e. The van der Waals surface area contributed by atoms with Gasteiger partial charge in [-0.05, 0) is 24.6 Å². The topological polar surface area (TPSA) is 39.4 Å². The minimum absolute atomic E-state index is 0.320. The fourth-order valence-corrected chi connectivity index (χ4v) is 1.56. The monoisotopic (exact) mass is 235 g/mol. The van der Waals surface area contributed by atoms with E-state index in [-0.39, 0.29) is 5.92 Å². The van der Waals surface area contributed by atoms with Crippen molar-refractivity contribution in [2.24, 2.45) is 5.10 Å². The van der Waals surface area contributed by atoms with Gasteiger partial charge in [0.15, 0.2) is 0 Å². The van der Waals surface area contributed by atoms with E-state index >= 15 is 0 Å². The van der Waals surface area contributed by atoms with Gasteiger partial charge in [0.1, 0.15) is 5.92 Å². The molecule has 0 N–H and O–H groups in total. The van der Waals surface area contributed by atoms with Gasteiger partial charge in [-0.25, -0.2) is 0 Å². The highest BCUT2D eigenvalue weighted by Crippen LogP contribution is 2.19. The standard InChI is InChI=1S/C12H14ClN3/c1-9(15-16(2)3)12(8-14)10-4-6-11(13)7-5-10/h4-7,12H,1-3H3/b15-9+. The first kappa shape index (κ1) is 12.5. The van der Waals surface area contributed by atoms with Crippen LogP contribution in [0.15, 0.2) is 29.4 Å². The van der Waals surface area contributed by atoms with Crippen LogP contribution in [-0.2, 0) is 0 Å². The molecule has 4 heteroatoms. The summed E-state index contributed by atoms with van der Waals surface area (Å²) < 4.78 is 0. The Labute approximate surface area is 101 Å². The Morgan fingerprint density at radius 1 is 1.38 bits per heavy atom. The lowest BCUT2D eigenvalue weighted by Crippen LogP contribution is -2.13. The van der Waals surface area contributed by atoms with Crippen LogP contribution in [0.1, 0.15) is 18.4 Å². The Hall–Kier alpha value is -1.53. The zero-order valence-corrected chi connectivity index (χ0v) is 10.4. The molecule has 0 heterocycles. The van der Waals surface area contributed by atoms with Gasteiger partial charge in [-0.1, -0.05) is 23.7 Å². The van der Waals surface area contributed by atoms with Crippen LogP contribution in [-0.4, -0.2) is 24.8 Å². The molecule has 0 aliphatic heterocycles. The molecule has 0 saturated carbocycles. The number of nitrogens with zero attached hydrogens (tertiary/aromatic N) is 3. The van der Waals surface area contributed by atoms with E-state index in [0.29, 0.717) is 5.02 Å². The summed E-state index contributed by atoms with van der Waals surface area (Å²) in [5, 5.41) is 15.8. The minimum atomic E-state index is -0.320. The van der Waals surface area contributed by atoms with E-state index in [1.807, 2.05) is 33.2 Å². The molecular formula is C12H14ClN3. The molecule has 0 bridgehead atoms. The fourth-order valence-electron chi connectivity index (χ4n) is 1.44. The van der Waals surface area contributed by atoms with Crippen molar-refractivity contribution in [1.29, 1.82) is 5.26 Å². The number of nitriles is 1. The largest absolute Gasteiger partial charge is 0.303 e. The van der Waals surface area contributed by atoms with E-state index in [0.717, 1.165) is 11.3 Å². The average molecular weight is 236 g/mol. The highest BCUT2D eigenvalue weighted by molar-refractivity contribution is 6.30. The first-order valence-corrected chi connectivity index (χ1v) is 5.30. The van der Waals surface area contributed by atoms with Gasteiger partial charge in [-0.2, -0.15) is 10.4 Å². The van der Waals surface area contributed by atoms with Gasteiger partial charge in [0.05, 0.1) is 11.8 Å². The van der Waals surface area contributed by atoms with Crippen LogP contribution in [0.4, 0.5) is 0 Å². The lowest BCUT2D eigenvalue weighted by molar-refractivity contribution is 0.436. The second-order valence-electron chi connectivity index (χ2n) is 3.70. The van der Waals surface area contributed by atoms with Crippen molar-refractivity contribution in [3.8, 4) is 6.07 Å². The zero-order valence-electron chi connectivity index (χ0n) is 9.61. The van der Waals surface area contributed by atoms with Gasteiger partial charge in [0.25, 0.3) is 0 Å². The van der Waals surface area contributed by atoms with Gasteiger partial charge in [-0.15, -0.1) is 0 Å². The van der Waals surface area contributed by atoms with E-state index in [2.05, 4.69) is 11.2 Å². The molecule has 0 aliphatic carbocycles. The Bertz CT molecular complexity index is 415. The van der Waals surface area contributed by atoms with Crippen LogP contribution < -0.4 is 0 Å². The van der Waals surface area contributed by atoms with Crippen molar-refractivity contribution in [1.82, 2.24) is 5.01 Å². The van der Waals surface area contributed by atoms with Crippen LogP contribution >= 0.6 is 11.6 Å². The van der Waals surface area contributed by atoms with E-state index in [9.17, 15) is 0 Å². The third-order valence-corrected chi connectivity index (χ3v) is 2.36. The second-order valence-corrected chi connectivity index (χ2v) is 4.14. The summed E-state index contributed by atoms with van der Waals surface area (Å²) in [6.07, 6.45) is 0. The van der Waals surface area contributed by atoms with Crippen molar-refractivity contribution in [2.75, 3.05) is 14.1 Å². The summed E-state index contributed by atoms with van der Waals surface area (Å²) in [5.74, 6) is -0.320. The quantitative estimate of drug-likeness (QED) is 0.597. The van der Waals surface area contributed by atoms with Crippen molar-refractivity contribution in [3.05, 3.63) is 34.9 Å². The van der Waals surface area contributed by atoms with Crippen LogP contribution in [0.2, 0.25) is 5.02 Å². The number of halogens is 1. The lowest BCUT2D eigenvalue weighted by Gasteiger charge is -2.12. The summed E-state index contributed by atoms with van der Waals surface area (Å²) in [4.78, 5) is 0. The number of hydrogen-bond donors (Lipinski definition) is 0. The number of rotatable bonds is 3. The first-order chi connectivity index (χ1) is 7.54. The molecular weight excluding hydrogens is 222 g/mol. The number of benzene rings is 1. The molecule has 1 aromatic carbocycles. The van der Waals surface area contributed by atoms with E-state index in [1.165, 1.54) is 0 Å². The van der Waals surface area contributed by atoms with E-state index < -0.39 is 0 Å². The first-order valence-electron chi connectivity index (χ1n) is 4.92. The molecule has 0 fully saturated rings. The summed E-state index contributed by atoms with van der Waals surface area (Å²) in [7, 11) is 3.67. The smallest absolute Gasteiger partial charge is 0.111 e. The SMILES string of the molecule is C/C(=N\N(C)C)C(C#N)c1ccc(Cl)cc1. The summed E-state index contributed by atoms with van der Waals surface area (Å²) in [5.41, 5.74) is 1.69. The third kappa shape index (κ3) is 3.25. The van der Waals surface area contributed by atoms with Crippen LogP contribution in [0, 0.1) is 11.3 Å². The Morgan fingerprint density at radius 2 is 1.94 bits per heavy atom. The van der Waals surface area contributed by atoms with Gasteiger partial charge in [0, 0.05) is 19.1 Å². The summed E-state index contributed by atoms with van der Waals surface area (Å²) in [6, 6.07) is 9.51. The lowest BCUT2D eigenvalue weighted by atomic mass is 9.96. The van der Waals surface area contributed by atoms with E-state index in [4.69, 9.17) is 16.9 Å². The van der Waals surface area contributed by atoms with Crippen LogP contribution in [0.3, 0.4) is 0 Å². The molecule has 0 aromatic heterocycles. The molecule has 3 nitrogen and oxygen atoms in total. The van der Waals surface area contributed by atoms with Crippen molar-refractivity contribution >= 4 is 17.3 Å². The minimum Gasteiger partial charge on any atom is -0.303 e. The molecule has 1 aromatic rings. The highest BCUT2D eigenvalue weighted by Gasteiger charge is 2.14. The second kappa shape index (κ2) is 5.53. The number of hydrogen-bond acceptors (Lipinski definition) is 3. The molecule has 0 saturated heterocycles. The van der Waals surface area contributed by atoms with Gasteiger partial charge in [0.2, 0.25) is 0 Å². The van der Waals surface area contributed by atoms with Crippen molar-refractivity contribution in [2.45, 2.75) is 12.8 Å². The Kier molecular flexibility index (Phi) is 4.33. The highest BCUT2D eigenvalue weighted by atomic mass is 35.5. The molecule has 16 heavy (non-hydrogen) atoms. The predicted molar refractivity (Wildman–Crippen MR) is 66.6 cm³/mol. The molecule has 0 aliphatic rings. The van der Waals surface area contributed by atoms with Gasteiger partial charge < -0.3 is 5.01 Å². The van der Waals surface area contributed by atoms with Crippen LogP contribution in [0.25, 0.3) is 0 Å². The summed E-state index contributed by atoms with van der Waals surface area (Å²) in [6.45, 7) is 1.85. The molecule has 84 valence electrons. The van der Waals surface area contributed by atoms with Crippen molar-refractivity contribution in [3.63, 3.8) is 0 Å². The molecule has 0 spiro atoms. The van der Waals surface area contributed by atoms with Crippen LogP contribution in [0.5, 0.6) is 0 Å². The molecule has 0 amide bonds. The Morgan fingerprint density at radius 3 is 2.38 bits per heavy atom. The van der Waals surface area contributed by atoms with E-state index in [1.54, 1.807) is 17.1 Å². The molecule has 1 unspecified atom stereocenters. The van der Waals surface area contributed by atoms with Crippen molar-refractivity contribution < 1.29 is 0 Å². The zero-order chi connectivity index (χ0) is 12.1. The predicted octanol–water partition coefficient (Wildman–Crippen LogP) is 2.88.